The first kappa shape index (κ1) is 20.2. The zero-order chi connectivity index (χ0) is 19.4. The summed E-state index contributed by atoms with van der Waals surface area (Å²) in [6, 6.07) is 0. The summed E-state index contributed by atoms with van der Waals surface area (Å²) in [6.07, 6.45) is 3.35. The Hall–Kier alpha value is -0.550. The van der Waals surface area contributed by atoms with E-state index in [1.165, 1.54) is 6.92 Å². The molecule has 0 aromatic heterocycles. The molecule has 6 atom stereocenters. The van der Waals surface area contributed by atoms with Crippen LogP contribution in [0.3, 0.4) is 0 Å². The Balaban J connectivity index is 2.15. The van der Waals surface area contributed by atoms with Crippen LogP contribution in [-0.2, 0) is 19.0 Å². The van der Waals surface area contributed by atoms with Gasteiger partial charge in [0.25, 0.3) is 0 Å². The Morgan fingerprint density at radius 2 is 1.92 bits per heavy atom. The minimum Gasteiger partial charge on any atom is -0.455 e. The lowest BCUT2D eigenvalue weighted by Crippen LogP contribution is -2.62. The molecular weight excluding hydrogens is 375 g/mol. The van der Waals surface area contributed by atoms with Crippen LogP contribution in [0.4, 0.5) is 0 Å². The number of hydrogen-bond acceptors (Lipinski definition) is 4. The Bertz CT molecular complexity index is 665. The third-order valence-electron chi connectivity index (χ3n) is 6.23. The number of halogens is 2. The van der Waals surface area contributed by atoms with Crippen LogP contribution in [0.2, 0.25) is 0 Å². The van der Waals surface area contributed by atoms with Gasteiger partial charge < -0.3 is 14.2 Å². The summed E-state index contributed by atoms with van der Waals surface area (Å²) < 4.78 is 18.9. The van der Waals surface area contributed by atoms with E-state index < -0.39 is 17.5 Å². The van der Waals surface area contributed by atoms with Gasteiger partial charge in [-0.3, -0.25) is 4.79 Å². The molecule has 0 N–H and O–H groups in total. The minimum absolute atomic E-state index is 0.0670. The maximum absolute atomic E-state index is 11.7. The van der Waals surface area contributed by atoms with Crippen LogP contribution in [0.1, 0.15) is 54.4 Å². The Labute approximate surface area is 165 Å². The summed E-state index contributed by atoms with van der Waals surface area (Å²) in [4.78, 5) is 11.7. The van der Waals surface area contributed by atoms with Gasteiger partial charge in [-0.15, -0.1) is 0 Å². The second-order valence-corrected chi connectivity index (χ2v) is 9.34. The highest BCUT2D eigenvalue weighted by Gasteiger charge is 2.67. The number of hydrogen-bond donors (Lipinski definition) is 0. The standard InChI is InChI=1S/C20H28Cl2O4/c1-10-9-15-14(12(3)18(21)22)8-7-11(2)20(15)17(16(10)24-13(4)23)25-19(5,6)26-20/h9,11,14-17H,7-8H2,1-6H3/t11-,14+,15-,16-,17+,20-/m1/s1. The molecule has 1 spiro atoms. The zero-order valence-corrected chi connectivity index (χ0v) is 17.8. The average Bonchev–Trinajstić information content (AvgIpc) is 2.81. The molecule has 4 nitrogen and oxygen atoms in total. The van der Waals surface area contributed by atoms with E-state index in [-0.39, 0.29) is 29.8 Å². The minimum atomic E-state index is -0.752. The lowest BCUT2D eigenvalue weighted by Gasteiger charge is -2.54. The summed E-state index contributed by atoms with van der Waals surface area (Å²) in [6.45, 7) is 11.4. The fraction of sp³-hybridized carbons (Fsp3) is 0.750. The highest BCUT2D eigenvalue weighted by atomic mass is 35.5. The molecule has 3 aliphatic rings. The van der Waals surface area contributed by atoms with Gasteiger partial charge in [0.2, 0.25) is 0 Å². The fourth-order valence-electron chi connectivity index (χ4n) is 5.14. The van der Waals surface area contributed by atoms with Crippen molar-refractivity contribution in [2.75, 3.05) is 0 Å². The SMILES string of the molecule is CC(=O)O[C@@H]1C(C)=C[C@@H]2[C@H](C(C)=C(Cl)Cl)CC[C@@H](C)[C@@]23OC(C)(C)O[C@@H]13. The van der Waals surface area contributed by atoms with Gasteiger partial charge in [0.1, 0.15) is 16.2 Å². The molecule has 0 amide bonds. The van der Waals surface area contributed by atoms with E-state index in [0.717, 1.165) is 24.0 Å². The maximum atomic E-state index is 11.7. The van der Waals surface area contributed by atoms with Crippen molar-refractivity contribution in [2.45, 2.75) is 78.0 Å². The third-order valence-corrected chi connectivity index (χ3v) is 6.82. The molecule has 0 bridgehead atoms. The molecule has 146 valence electrons. The molecule has 0 aromatic rings. The van der Waals surface area contributed by atoms with E-state index in [1.807, 2.05) is 27.7 Å². The Morgan fingerprint density at radius 1 is 1.27 bits per heavy atom. The molecule has 1 saturated carbocycles. The first-order valence-corrected chi connectivity index (χ1v) is 10.0. The highest BCUT2D eigenvalue weighted by Crippen LogP contribution is 2.59. The molecular formula is C20H28Cl2O4. The lowest BCUT2D eigenvalue weighted by molar-refractivity contribution is -0.193. The predicted octanol–water partition coefficient (Wildman–Crippen LogP) is 5.14. The molecule has 1 heterocycles. The number of esters is 1. The molecule has 1 saturated heterocycles. The van der Waals surface area contributed by atoms with Crippen molar-refractivity contribution in [1.82, 2.24) is 0 Å². The molecule has 0 unspecified atom stereocenters. The van der Waals surface area contributed by atoms with Crippen LogP contribution < -0.4 is 0 Å². The van der Waals surface area contributed by atoms with E-state index >= 15 is 0 Å². The molecule has 6 heteroatoms. The van der Waals surface area contributed by atoms with Crippen molar-refractivity contribution >= 4 is 29.2 Å². The Morgan fingerprint density at radius 3 is 2.50 bits per heavy atom. The van der Waals surface area contributed by atoms with Crippen molar-refractivity contribution in [3.63, 3.8) is 0 Å². The quantitative estimate of drug-likeness (QED) is 0.473. The van der Waals surface area contributed by atoms with Crippen LogP contribution in [-0.4, -0.2) is 29.6 Å². The van der Waals surface area contributed by atoms with Crippen LogP contribution in [0, 0.1) is 17.8 Å². The highest BCUT2D eigenvalue weighted by molar-refractivity contribution is 6.56. The van der Waals surface area contributed by atoms with Gasteiger partial charge in [-0.25, -0.2) is 0 Å². The average molecular weight is 403 g/mol. The van der Waals surface area contributed by atoms with Gasteiger partial charge >= 0.3 is 5.97 Å². The number of ether oxygens (including phenoxy) is 3. The predicted molar refractivity (Wildman–Crippen MR) is 102 cm³/mol. The zero-order valence-electron chi connectivity index (χ0n) is 16.3. The number of allylic oxidation sites excluding steroid dienone is 1. The van der Waals surface area contributed by atoms with Crippen LogP contribution in [0.25, 0.3) is 0 Å². The molecule has 3 rings (SSSR count). The molecule has 0 aromatic carbocycles. The first-order chi connectivity index (χ1) is 12.0. The van der Waals surface area contributed by atoms with Crippen molar-refractivity contribution in [3.05, 3.63) is 21.7 Å². The van der Waals surface area contributed by atoms with Gasteiger partial charge in [0, 0.05) is 12.8 Å². The van der Waals surface area contributed by atoms with Crippen molar-refractivity contribution in [1.29, 1.82) is 0 Å². The molecule has 2 fully saturated rings. The molecule has 26 heavy (non-hydrogen) atoms. The van der Waals surface area contributed by atoms with Crippen molar-refractivity contribution in [2.24, 2.45) is 17.8 Å². The topological polar surface area (TPSA) is 44.8 Å². The van der Waals surface area contributed by atoms with Gasteiger partial charge in [-0.1, -0.05) is 36.2 Å². The second kappa shape index (κ2) is 6.80. The summed E-state index contributed by atoms with van der Waals surface area (Å²) in [5.74, 6) is -0.579. The number of rotatable bonds is 2. The smallest absolute Gasteiger partial charge is 0.303 e. The van der Waals surface area contributed by atoms with E-state index in [4.69, 9.17) is 37.4 Å². The van der Waals surface area contributed by atoms with E-state index in [9.17, 15) is 4.79 Å². The molecule has 0 radical (unpaired) electrons. The van der Waals surface area contributed by atoms with Gasteiger partial charge in [-0.2, -0.15) is 0 Å². The monoisotopic (exact) mass is 402 g/mol. The summed E-state index contributed by atoms with van der Waals surface area (Å²) in [7, 11) is 0. The third kappa shape index (κ3) is 3.13. The normalized spacial score (nSPS) is 40.9. The summed E-state index contributed by atoms with van der Waals surface area (Å²) in [5, 5.41) is 0. The Kier molecular flexibility index (Phi) is 5.28. The number of carbonyl (C=O) groups excluding carboxylic acids is 1. The van der Waals surface area contributed by atoms with Gasteiger partial charge in [0.05, 0.1) is 0 Å². The maximum Gasteiger partial charge on any atom is 0.303 e. The van der Waals surface area contributed by atoms with Crippen molar-refractivity contribution in [3.8, 4) is 0 Å². The van der Waals surface area contributed by atoms with Crippen molar-refractivity contribution < 1.29 is 19.0 Å². The van der Waals surface area contributed by atoms with E-state index in [1.54, 1.807) is 0 Å². The molecule has 2 aliphatic carbocycles. The van der Waals surface area contributed by atoms with Crippen LogP contribution >= 0.6 is 23.2 Å². The van der Waals surface area contributed by atoms with Crippen LogP contribution in [0.15, 0.2) is 21.7 Å². The van der Waals surface area contributed by atoms with E-state index in [2.05, 4.69) is 13.0 Å². The second-order valence-electron chi connectivity index (χ2n) is 8.39. The summed E-state index contributed by atoms with van der Waals surface area (Å²) >= 11 is 12.3. The molecule has 1 aliphatic heterocycles. The fourth-order valence-corrected chi connectivity index (χ4v) is 5.42. The first-order valence-electron chi connectivity index (χ1n) is 9.25. The van der Waals surface area contributed by atoms with E-state index in [0.29, 0.717) is 4.49 Å². The van der Waals surface area contributed by atoms with Gasteiger partial charge in [0.15, 0.2) is 11.9 Å². The largest absolute Gasteiger partial charge is 0.455 e. The summed E-state index contributed by atoms with van der Waals surface area (Å²) in [5.41, 5.74) is 1.40. The number of carbonyl (C=O) groups is 1. The van der Waals surface area contributed by atoms with Gasteiger partial charge in [-0.05, 0) is 63.5 Å². The van der Waals surface area contributed by atoms with Crippen LogP contribution in [0.5, 0.6) is 0 Å². The lowest BCUT2D eigenvalue weighted by atomic mass is 9.56.